The van der Waals surface area contributed by atoms with Gasteiger partial charge in [-0.2, -0.15) is 0 Å². The Morgan fingerprint density at radius 1 is 0.968 bits per heavy atom. The second-order valence-electron chi connectivity index (χ2n) is 7.13. The molecule has 0 aliphatic heterocycles. The van der Waals surface area contributed by atoms with Gasteiger partial charge in [-0.15, -0.1) is 0 Å². The molecule has 4 aromatic rings. The van der Waals surface area contributed by atoms with Crippen LogP contribution in [0.2, 0.25) is 0 Å². The van der Waals surface area contributed by atoms with Gasteiger partial charge in [-0.1, -0.05) is 24.3 Å². The van der Waals surface area contributed by atoms with E-state index in [2.05, 4.69) is 10.6 Å². The van der Waals surface area contributed by atoms with Gasteiger partial charge in [0.2, 0.25) is 5.76 Å². The minimum atomic E-state index is -0.388. The first-order valence-corrected chi connectivity index (χ1v) is 9.86. The van der Waals surface area contributed by atoms with Gasteiger partial charge >= 0.3 is 0 Å². The molecule has 0 aliphatic rings. The summed E-state index contributed by atoms with van der Waals surface area (Å²) in [5.41, 5.74) is 3.31. The molecule has 0 spiro atoms. The predicted octanol–water partition coefficient (Wildman–Crippen LogP) is 5.30. The summed E-state index contributed by atoms with van der Waals surface area (Å²) >= 11 is 0. The molecule has 6 heteroatoms. The number of para-hydroxylation sites is 1. The lowest BCUT2D eigenvalue weighted by Gasteiger charge is -2.09. The molecule has 0 aliphatic carbocycles. The number of hydrogen-bond acceptors (Lipinski definition) is 5. The number of carbonyl (C=O) groups excluding carboxylic acids is 2. The van der Waals surface area contributed by atoms with Crippen LogP contribution < -0.4 is 15.4 Å². The summed E-state index contributed by atoms with van der Waals surface area (Å²) in [7, 11) is 1.58. The average Bonchev–Trinajstić information content (AvgIpc) is 3.16. The van der Waals surface area contributed by atoms with E-state index in [0.717, 1.165) is 10.9 Å². The third-order valence-corrected chi connectivity index (χ3v) is 4.92. The first kappa shape index (κ1) is 20.2. The van der Waals surface area contributed by atoms with Gasteiger partial charge in [0.15, 0.2) is 5.78 Å². The Kier molecular flexibility index (Phi) is 5.71. The Morgan fingerprint density at radius 2 is 1.74 bits per heavy atom. The molecule has 0 fully saturated rings. The zero-order chi connectivity index (χ0) is 21.8. The maximum atomic E-state index is 13.0. The maximum absolute atomic E-state index is 13.0. The smallest absolute Gasteiger partial charge is 0.293 e. The molecule has 0 unspecified atom stereocenters. The molecule has 0 saturated carbocycles. The molecule has 1 heterocycles. The van der Waals surface area contributed by atoms with Crippen LogP contribution >= 0.6 is 0 Å². The number of ketones is 1. The van der Waals surface area contributed by atoms with Gasteiger partial charge in [0.05, 0.1) is 19.3 Å². The normalized spacial score (nSPS) is 10.6. The lowest BCUT2D eigenvalue weighted by Crippen LogP contribution is -2.17. The molecule has 6 nitrogen and oxygen atoms in total. The SMILES string of the molecule is COc1ccc(C(=O)CNc2c(C(=O)Nc3cccc(C)c3)oc3ccccc23)cc1. The highest BCUT2D eigenvalue weighted by atomic mass is 16.5. The Bertz CT molecular complexity index is 1240. The number of nitrogens with one attached hydrogen (secondary N) is 2. The first-order valence-electron chi connectivity index (χ1n) is 9.86. The minimum Gasteiger partial charge on any atom is -0.497 e. The van der Waals surface area contributed by atoms with Crippen LogP contribution in [0.3, 0.4) is 0 Å². The number of furan rings is 1. The summed E-state index contributed by atoms with van der Waals surface area (Å²) in [6, 6.07) is 21.7. The number of aryl methyl sites for hydroxylation is 1. The van der Waals surface area contributed by atoms with Crippen molar-refractivity contribution < 1.29 is 18.7 Å². The number of Topliss-reactive ketones (excluding diaryl/α,β-unsaturated/α-hetero) is 1. The lowest BCUT2D eigenvalue weighted by atomic mass is 10.1. The molecule has 31 heavy (non-hydrogen) atoms. The van der Waals surface area contributed by atoms with E-state index in [9.17, 15) is 9.59 Å². The number of rotatable bonds is 7. The molecule has 0 atom stereocenters. The number of anilines is 2. The first-order chi connectivity index (χ1) is 15.0. The monoisotopic (exact) mass is 414 g/mol. The van der Waals surface area contributed by atoms with Gasteiger partial charge in [0.1, 0.15) is 11.3 Å². The van der Waals surface area contributed by atoms with Crippen molar-refractivity contribution in [2.45, 2.75) is 6.92 Å². The highest BCUT2D eigenvalue weighted by molar-refractivity contribution is 6.12. The van der Waals surface area contributed by atoms with Crippen LogP contribution in [-0.4, -0.2) is 25.3 Å². The maximum Gasteiger partial charge on any atom is 0.293 e. The molecule has 1 aromatic heterocycles. The van der Waals surface area contributed by atoms with Crippen molar-refractivity contribution in [3.8, 4) is 5.75 Å². The van der Waals surface area contributed by atoms with Crippen molar-refractivity contribution in [3.63, 3.8) is 0 Å². The lowest BCUT2D eigenvalue weighted by molar-refractivity contribution is 0.0991. The second kappa shape index (κ2) is 8.75. The predicted molar refractivity (Wildman–Crippen MR) is 121 cm³/mol. The number of ether oxygens (including phenoxy) is 1. The standard InChI is InChI=1S/C25H22N2O4/c1-16-6-5-7-18(14-16)27-25(29)24-23(20-8-3-4-9-22(20)31-24)26-15-21(28)17-10-12-19(30-2)13-11-17/h3-14,26H,15H2,1-2H3,(H,27,29). The zero-order valence-electron chi connectivity index (χ0n) is 17.3. The van der Waals surface area contributed by atoms with E-state index in [1.165, 1.54) is 0 Å². The number of benzene rings is 3. The van der Waals surface area contributed by atoms with E-state index in [1.807, 2.05) is 49.4 Å². The quantitative estimate of drug-likeness (QED) is 0.401. The Labute approximate surface area is 179 Å². The van der Waals surface area contributed by atoms with Gasteiger partial charge in [0.25, 0.3) is 5.91 Å². The number of methoxy groups -OCH3 is 1. The van der Waals surface area contributed by atoms with E-state index in [-0.39, 0.29) is 24.0 Å². The van der Waals surface area contributed by atoms with Crippen LogP contribution in [0.15, 0.2) is 77.2 Å². The van der Waals surface area contributed by atoms with Crippen LogP contribution in [0.25, 0.3) is 11.0 Å². The van der Waals surface area contributed by atoms with Crippen molar-refractivity contribution in [1.82, 2.24) is 0 Å². The Balaban J connectivity index is 1.58. The fourth-order valence-electron chi connectivity index (χ4n) is 3.34. The summed E-state index contributed by atoms with van der Waals surface area (Å²) in [6.45, 7) is 1.97. The minimum absolute atomic E-state index is 0.0145. The number of amides is 1. The summed E-state index contributed by atoms with van der Waals surface area (Å²) in [5, 5.41) is 6.70. The molecule has 0 radical (unpaired) electrons. The largest absolute Gasteiger partial charge is 0.497 e. The van der Waals surface area contributed by atoms with E-state index in [4.69, 9.17) is 9.15 Å². The molecule has 4 rings (SSSR count). The van der Waals surface area contributed by atoms with Gasteiger partial charge in [-0.25, -0.2) is 0 Å². The van der Waals surface area contributed by atoms with Crippen LogP contribution in [0.1, 0.15) is 26.5 Å². The Hall–Kier alpha value is -4.06. The van der Waals surface area contributed by atoms with Crippen LogP contribution in [0.5, 0.6) is 5.75 Å². The Morgan fingerprint density at radius 3 is 2.48 bits per heavy atom. The van der Waals surface area contributed by atoms with Crippen molar-refractivity contribution in [1.29, 1.82) is 0 Å². The summed E-state index contributed by atoms with van der Waals surface area (Å²) in [6.07, 6.45) is 0. The number of hydrogen-bond donors (Lipinski definition) is 2. The van der Waals surface area contributed by atoms with E-state index >= 15 is 0 Å². The fourth-order valence-corrected chi connectivity index (χ4v) is 3.34. The van der Waals surface area contributed by atoms with Gasteiger partial charge < -0.3 is 19.8 Å². The van der Waals surface area contributed by atoms with Crippen LogP contribution in [-0.2, 0) is 0 Å². The van der Waals surface area contributed by atoms with E-state index in [1.54, 1.807) is 37.4 Å². The molecule has 0 saturated heterocycles. The molecular weight excluding hydrogens is 392 g/mol. The highest BCUT2D eigenvalue weighted by Crippen LogP contribution is 2.31. The second-order valence-corrected chi connectivity index (χ2v) is 7.13. The van der Waals surface area contributed by atoms with Crippen LogP contribution in [0, 0.1) is 6.92 Å². The molecule has 0 bridgehead atoms. The third-order valence-electron chi connectivity index (χ3n) is 4.92. The topological polar surface area (TPSA) is 80.6 Å². The summed E-state index contributed by atoms with van der Waals surface area (Å²) in [5.74, 6) is 0.310. The van der Waals surface area contributed by atoms with Gasteiger partial charge in [-0.05, 0) is 61.0 Å². The fraction of sp³-hybridized carbons (Fsp3) is 0.120. The van der Waals surface area contributed by atoms with Crippen molar-refractivity contribution in [2.75, 3.05) is 24.3 Å². The molecular formula is C25H22N2O4. The van der Waals surface area contributed by atoms with Crippen LogP contribution in [0.4, 0.5) is 11.4 Å². The average molecular weight is 414 g/mol. The third kappa shape index (κ3) is 4.43. The molecule has 2 N–H and O–H groups in total. The van der Waals surface area contributed by atoms with E-state index in [0.29, 0.717) is 28.3 Å². The van der Waals surface area contributed by atoms with Gasteiger partial charge in [0, 0.05) is 16.6 Å². The molecule has 3 aromatic carbocycles. The molecule has 1 amide bonds. The van der Waals surface area contributed by atoms with Crippen molar-refractivity contribution >= 4 is 34.0 Å². The van der Waals surface area contributed by atoms with Gasteiger partial charge in [-0.3, -0.25) is 9.59 Å². The summed E-state index contributed by atoms with van der Waals surface area (Å²) in [4.78, 5) is 25.6. The number of fused-ring (bicyclic) bond motifs is 1. The summed E-state index contributed by atoms with van der Waals surface area (Å²) < 4.78 is 11.0. The van der Waals surface area contributed by atoms with E-state index < -0.39 is 0 Å². The zero-order valence-corrected chi connectivity index (χ0v) is 17.3. The van der Waals surface area contributed by atoms with Crippen molar-refractivity contribution in [3.05, 3.63) is 89.7 Å². The van der Waals surface area contributed by atoms with Crippen molar-refractivity contribution in [2.24, 2.45) is 0 Å². The number of carbonyl (C=O) groups is 2. The molecule has 156 valence electrons. The highest BCUT2D eigenvalue weighted by Gasteiger charge is 2.21.